The lowest BCUT2D eigenvalue weighted by molar-refractivity contribution is 0.0784. The summed E-state index contributed by atoms with van der Waals surface area (Å²) in [5, 5.41) is 3.11. The van der Waals surface area contributed by atoms with Gasteiger partial charge in [0.2, 0.25) is 0 Å². The molecule has 0 aliphatic carbocycles. The van der Waals surface area contributed by atoms with E-state index in [1.807, 2.05) is 25.1 Å². The Hall–Kier alpha value is -1.95. The second-order valence-electron chi connectivity index (χ2n) is 4.56. The van der Waals surface area contributed by atoms with E-state index in [-0.39, 0.29) is 5.91 Å². The molecule has 2 aromatic rings. The van der Waals surface area contributed by atoms with Crippen LogP contribution in [0.25, 0.3) is 0 Å². The smallest absolute Gasteiger partial charge is 0.257 e. The van der Waals surface area contributed by atoms with Gasteiger partial charge < -0.3 is 10.2 Å². The zero-order valence-electron chi connectivity index (χ0n) is 12.0. The van der Waals surface area contributed by atoms with Gasteiger partial charge in [-0.25, -0.2) is 4.98 Å². The number of pyridine rings is 2. The molecule has 110 valence electrons. The molecular formula is C15H17BrN4O. The van der Waals surface area contributed by atoms with E-state index < -0.39 is 0 Å². The third-order valence-corrected chi connectivity index (χ3v) is 3.33. The molecule has 0 aromatic carbocycles. The Morgan fingerprint density at radius 3 is 2.86 bits per heavy atom. The number of amides is 1. The van der Waals surface area contributed by atoms with Gasteiger partial charge in [0.15, 0.2) is 0 Å². The minimum atomic E-state index is -0.0922. The normalized spacial score (nSPS) is 10.2. The van der Waals surface area contributed by atoms with Crippen molar-refractivity contribution in [3.05, 3.63) is 52.4 Å². The summed E-state index contributed by atoms with van der Waals surface area (Å²) in [7, 11) is 1.76. The summed E-state index contributed by atoms with van der Waals surface area (Å²) < 4.78 is 0.777. The summed E-state index contributed by atoms with van der Waals surface area (Å²) in [4.78, 5) is 22.7. The van der Waals surface area contributed by atoms with E-state index in [1.54, 1.807) is 30.4 Å². The van der Waals surface area contributed by atoms with Crippen LogP contribution in [-0.2, 0) is 6.54 Å². The van der Waals surface area contributed by atoms with Crippen LogP contribution in [0.15, 0.2) is 41.1 Å². The first-order valence-corrected chi connectivity index (χ1v) is 7.46. The Balaban J connectivity index is 2.20. The van der Waals surface area contributed by atoms with Crippen molar-refractivity contribution < 1.29 is 4.79 Å². The number of carbonyl (C=O) groups is 1. The molecule has 0 atom stereocenters. The highest BCUT2D eigenvalue weighted by Gasteiger charge is 2.17. The topological polar surface area (TPSA) is 58.1 Å². The molecule has 0 aliphatic heterocycles. The van der Waals surface area contributed by atoms with Crippen LogP contribution in [0.3, 0.4) is 0 Å². The van der Waals surface area contributed by atoms with Gasteiger partial charge in [-0.05, 0) is 41.1 Å². The van der Waals surface area contributed by atoms with Crippen molar-refractivity contribution >= 4 is 27.7 Å². The number of hydrogen-bond donors (Lipinski definition) is 1. The number of nitrogens with zero attached hydrogens (tertiary/aromatic N) is 3. The fraction of sp³-hybridized carbons (Fsp3) is 0.267. The van der Waals surface area contributed by atoms with Gasteiger partial charge in [-0.15, -0.1) is 0 Å². The first-order valence-electron chi connectivity index (χ1n) is 6.66. The van der Waals surface area contributed by atoms with Gasteiger partial charge in [-0.2, -0.15) is 0 Å². The molecule has 2 aromatic heterocycles. The van der Waals surface area contributed by atoms with E-state index in [4.69, 9.17) is 0 Å². The molecule has 0 spiro atoms. The average Bonchev–Trinajstić information content (AvgIpc) is 2.49. The van der Waals surface area contributed by atoms with Gasteiger partial charge in [0, 0.05) is 30.5 Å². The van der Waals surface area contributed by atoms with Gasteiger partial charge in [0.25, 0.3) is 5.91 Å². The number of carbonyl (C=O) groups excluding carboxylic acids is 1. The highest BCUT2D eigenvalue weighted by Crippen LogP contribution is 2.20. The molecule has 2 rings (SSSR count). The molecule has 0 saturated carbocycles. The van der Waals surface area contributed by atoms with Crippen molar-refractivity contribution in [1.82, 2.24) is 14.9 Å². The third-order valence-electron chi connectivity index (χ3n) is 2.90. The molecule has 5 nitrogen and oxygen atoms in total. The molecule has 6 heteroatoms. The highest BCUT2D eigenvalue weighted by atomic mass is 79.9. The van der Waals surface area contributed by atoms with E-state index in [0.717, 1.165) is 10.2 Å². The van der Waals surface area contributed by atoms with Crippen molar-refractivity contribution in [2.24, 2.45) is 0 Å². The molecule has 0 fully saturated rings. The standard InChI is InChI=1S/C15H17BrN4O/c1-3-17-14-13(8-11(16)9-19-14)15(21)20(2)10-12-6-4-5-7-18-12/h4-9H,3,10H2,1-2H3,(H,17,19). The zero-order chi connectivity index (χ0) is 15.2. The number of nitrogens with one attached hydrogen (secondary N) is 1. The number of anilines is 1. The van der Waals surface area contributed by atoms with Gasteiger partial charge in [-0.1, -0.05) is 6.07 Å². The van der Waals surface area contributed by atoms with Crippen LogP contribution < -0.4 is 5.32 Å². The second kappa shape index (κ2) is 7.17. The van der Waals surface area contributed by atoms with Crippen molar-refractivity contribution in [3.8, 4) is 0 Å². The molecule has 0 saturated heterocycles. The second-order valence-corrected chi connectivity index (χ2v) is 5.48. The summed E-state index contributed by atoms with van der Waals surface area (Å²) >= 11 is 3.36. The lowest BCUT2D eigenvalue weighted by Gasteiger charge is -2.18. The summed E-state index contributed by atoms with van der Waals surface area (Å²) in [6.45, 7) is 3.13. The van der Waals surface area contributed by atoms with E-state index in [0.29, 0.717) is 24.5 Å². The Morgan fingerprint density at radius 2 is 2.19 bits per heavy atom. The fourth-order valence-electron chi connectivity index (χ4n) is 1.92. The van der Waals surface area contributed by atoms with Crippen LogP contribution in [0.4, 0.5) is 5.82 Å². The maximum absolute atomic E-state index is 12.6. The monoisotopic (exact) mass is 348 g/mol. The Bertz CT molecular complexity index is 618. The SMILES string of the molecule is CCNc1ncc(Br)cc1C(=O)N(C)Cc1ccccn1. The Morgan fingerprint density at radius 1 is 1.38 bits per heavy atom. The van der Waals surface area contributed by atoms with Gasteiger partial charge >= 0.3 is 0 Å². The molecule has 0 radical (unpaired) electrons. The molecule has 0 unspecified atom stereocenters. The average molecular weight is 349 g/mol. The predicted octanol–water partition coefficient (Wildman–Crippen LogP) is 2.94. The lowest BCUT2D eigenvalue weighted by Crippen LogP contribution is -2.27. The summed E-state index contributed by atoms with van der Waals surface area (Å²) in [5.41, 5.74) is 1.39. The minimum absolute atomic E-state index is 0.0922. The fourth-order valence-corrected chi connectivity index (χ4v) is 2.25. The number of aromatic nitrogens is 2. The van der Waals surface area contributed by atoms with Crippen LogP contribution in [0.1, 0.15) is 23.0 Å². The van der Waals surface area contributed by atoms with Crippen molar-refractivity contribution in [2.45, 2.75) is 13.5 Å². The van der Waals surface area contributed by atoms with Crippen molar-refractivity contribution in [3.63, 3.8) is 0 Å². The zero-order valence-corrected chi connectivity index (χ0v) is 13.6. The third kappa shape index (κ3) is 4.01. The van der Waals surface area contributed by atoms with Crippen LogP contribution in [0.5, 0.6) is 0 Å². The molecular weight excluding hydrogens is 332 g/mol. The van der Waals surface area contributed by atoms with Gasteiger partial charge in [-0.3, -0.25) is 9.78 Å². The first kappa shape index (κ1) is 15.4. The summed E-state index contributed by atoms with van der Waals surface area (Å²) in [5.74, 6) is 0.504. The molecule has 1 N–H and O–H groups in total. The van der Waals surface area contributed by atoms with Crippen molar-refractivity contribution in [2.75, 3.05) is 18.9 Å². The Kier molecular flexibility index (Phi) is 5.27. The maximum atomic E-state index is 12.6. The van der Waals surface area contributed by atoms with E-state index >= 15 is 0 Å². The maximum Gasteiger partial charge on any atom is 0.257 e. The minimum Gasteiger partial charge on any atom is -0.370 e. The van der Waals surface area contributed by atoms with E-state index in [2.05, 4.69) is 31.2 Å². The first-order chi connectivity index (χ1) is 10.1. The lowest BCUT2D eigenvalue weighted by atomic mass is 10.2. The molecule has 1 amide bonds. The predicted molar refractivity (Wildman–Crippen MR) is 86.1 cm³/mol. The molecule has 2 heterocycles. The largest absolute Gasteiger partial charge is 0.370 e. The number of rotatable bonds is 5. The van der Waals surface area contributed by atoms with Crippen LogP contribution in [0.2, 0.25) is 0 Å². The van der Waals surface area contributed by atoms with Gasteiger partial charge in [0.05, 0.1) is 17.8 Å². The highest BCUT2D eigenvalue weighted by molar-refractivity contribution is 9.10. The molecule has 21 heavy (non-hydrogen) atoms. The quantitative estimate of drug-likeness (QED) is 0.902. The Labute approximate surface area is 132 Å². The number of hydrogen-bond acceptors (Lipinski definition) is 4. The van der Waals surface area contributed by atoms with Crippen LogP contribution in [-0.4, -0.2) is 34.4 Å². The summed E-state index contributed by atoms with van der Waals surface area (Å²) in [6, 6.07) is 7.44. The van der Waals surface area contributed by atoms with E-state index in [1.165, 1.54) is 0 Å². The van der Waals surface area contributed by atoms with Crippen molar-refractivity contribution in [1.29, 1.82) is 0 Å². The number of halogens is 1. The van der Waals surface area contributed by atoms with Gasteiger partial charge in [0.1, 0.15) is 5.82 Å². The van der Waals surface area contributed by atoms with E-state index in [9.17, 15) is 4.79 Å². The van der Waals surface area contributed by atoms with Crippen LogP contribution >= 0.6 is 15.9 Å². The van der Waals surface area contributed by atoms with Crippen LogP contribution in [0, 0.1) is 0 Å². The molecule has 0 aliphatic rings. The molecule has 0 bridgehead atoms. The summed E-state index contributed by atoms with van der Waals surface area (Å²) in [6.07, 6.45) is 3.39.